The van der Waals surface area contributed by atoms with Gasteiger partial charge in [0.1, 0.15) is 11.6 Å². The average molecular weight is 356 g/mol. The molecule has 0 spiro atoms. The number of hydrogen-bond acceptors (Lipinski definition) is 1. The van der Waals surface area contributed by atoms with Gasteiger partial charge in [-0.2, -0.15) is 0 Å². The van der Waals surface area contributed by atoms with Crippen LogP contribution in [0.2, 0.25) is 5.02 Å². The lowest BCUT2D eigenvalue weighted by Gasteiger charge is -2.16. The van der Waals surface area contributed by atoms with Crippen LogP contribution in [0.1, 0.15) is 27.1 Å². The average Bonchev–Trinajstić information content (AvgIpc) is 2.83. The van der Waals surface area contributed by atoms with E-state index >= 15 is 0 Å². The molecule has 0 amide bonds. The Kier molecular flexibility index (Phi) is 3.74. The zero-order chi connectivity index (χ0) is 14.3. The van der Waals surface area contributed by atoms with Gasteiger partial charge in [0.2, 0.25) is 0 Å². The highest BCUT2D eigenvalue weighted by molar-refractivity contribution is 9.09. The number of ether oxygens (including phenoxy) is 1. The van der Waals surface area contributed by atoms with E-state index in [9.17, 15) is 4.39 Å². The summed E-state index contributed by atoms with van der Waals surface area (Å²) in [5.41, 5.74) is 3.83. The molecule has 0 aliphatic carbocycles. The molecule has 3 rings (SSSR count). The molecular weight excluding hydrogens is 343 g/mol. The van der Waals surface area contributed by atoms with E-state index in [0.29, 0.717) is 11.6 Å². The van der Waals surface area contributed by atoms with Crippen LogP contribution in [0, 0.1) is 12.7 Å². The Labute approximate surface area is 130 Å². The Morgan fingerprint density at radius 1 is 1.25 bits per heavy atom. The van der Waals surface area contributed by atoms with Crippen molar-refractivity contribution in [2.24, 2.45) is 0 Å². The molecule has 1 heterocycles. The fourth-order valence-electron chi connectivity index (χ4n) is 2.58. The van der Waals surface area contributed by atoms with Crippen molar-refractivity contribution in [2.75, 3.05) is 6.61 Å². The normalized spacial score (nSPS) is 14.8. The maximum atomic E-state index is 13.6. The molecule has 1 aliphatic rings. The SMILES string of the molecule is Cc1cc(F)cc(C(Br)c2cc(Cl)cc3c2OCC3)c1. The maximum Gasteiger partial charge on any atom is 0.127 e. The minimum atomic E-state index is -0.232. The molecule has 0 saturated heterocycles. The van der Waals surface area contributed by atoms with E-state index in [-0.39, 0.29) is 10.6 Å². The molecule has 0 bridgehead atoms. The number of aryl methyl sites for hydroxylation is 1. The van der Waals surface area contributed by atoms with Crippen molar-refractivity contribution in [3.63, 3.8) is 0 Å². The van der Waals surface area contributed by atoms with Gasteiger partial charge in [0.05, 0.1) is 11.4 Å². The Hall–Kier alpha value is -1.06. The molecule has 2 aromatic carbocycles. The molecule has 0 radical (unpaired) electrons. The molecule has 1 nitrogen and oxygen atoms in total. The van der Waals surface area contributed by atoms with Crippen molar-refractivity contribution in [2.45, 2.75) is 18.2 Å². The van der Waals surface area contributed by atoms with E-state index < -0.39 is 0 Å². The van der Waals surface area contributed by atoms with E-state index in [1.807, 2.05) is 25.1 Å². The van der Waals surface area contributed by atoms with Gasteiger partial charge < -0.3 is 4.74 Å². The van der Waals surface area contributed by atoms with Crippen LogP contribution in [0.5, 0.6) is 5.75 Å². The Morgan fingerprint density at radius 3 is 2.80 bits per heavy atom. The minimum absolute atomic E-state index is 0.137. The van der Waals surface area contributed by atoms with Crippen molar-refractivity contribution in [1.29, 1.82) is 0 Å². The molecule has 0 fully saturated rings. The van der Waals surface area contributed by atoms with Gasteiger partial charge in [0.15, 0.2) is 0 Å². The zero-order valence-corrected chi connectivity index (χ0v) is 13.3. The van der Waals surface area contributed by atoms with E-state index in [4.69, 9.17) is 16.3 Å². The van der Waals surface area contributed by atoms with E-state index in [0.717, 1.165) is 34.4 Å². The summed E-state index contributed by atoms with van der Waals surface area (Å²) in [7, 11) is 0. The van der Waals surface area contributed by atoms with Crippen LogP contribution in [0.15, 0.2) is 30.3 Å². The first-order chi connectivity index (χ1) is 9.54. The second-order valence-electron chi connectivity index (χ2n) is 5.01. The van der Waals surface area contributed by atoms with Gasteiger partial charge in [0, 0.05) is 17.0 Å². The smallest absolute Gasteiger partial charge is 0.127 e. The molecule has 0 aromatic heterocycles. The van der Waals surface area contributed by atoms with Crippen molar-refractivity contribution in [3.8, 4) is 5.75 Å². The molecule has 1 aliphatic heterocycles. The van der Waals surface area contributed by atoms with Crippen LogP contribution in [0.3, 0.4) is 0 Å². The molecule has 0 N–H and O–H groups in total. The summed E-state index contributed by atoms with van der Waals surface area (Å²) in [6.07, 6.45) is 0.866. The fourth-order valence-corrected chi connectivity index (χ4v) is 3.43. The topological polar surface area (TPSA) is 9.23 Å². The first kappa shape index (κ1) is 13.9. The summed E-state index contributed by atoms with van der Waals surface area (Å²) < 4.78 is 19.3. The minimum Gasteiger partial charge on any atom is -0.493 e. The lowest BCUT2D eigenvalue weighted by atomic mass is 9.99. The van der Waals surface area contributed by atoms with Gasteiger partial charge in [-0.1, -0.05) is 33.6 Å². The maximum absolute atomic E-state index is 13.6. The monoisotopic (exact) mass is 354 g/mol. The Morgan fingerprint density at radius 2 is 2.05 bits per heavy atom. The number of rotatable bonds is 2. The summed E-state index contributed by atoms with van der Waals surface area (Å²) in [5.74, 6) is 0.641. The molecule has 0 saturated carbocycles. The molecule has 104 valence electrons. The van der Waals surface area contributed by atoms with E-state index in [1.165, 1.54) is 12.1 Å². The molecule has 20 heavy (non-hydrogen) atoms. The van der Waals surface area contributed by atoms with Crippen LogP contribution in [0.25, 0.3) is 0 Å². The summed E-state index contributed by atoms with van der Waals surface area (Å²) in [4.78, 5) is -0.137. The van der Waals surface area contributed by atoms with Gasteiger partial charge in [-0.15, -0.1) is 0 Å². The highest BCUT2D eigenvalue weighted by Crippen LogP contribution is 2.42. The first-order valence-corrected chi connectivity index (χ1v) is 7.70. The van der Waals surface area contributed by atoms with E-state index in [2.05, 4.69) is 15.9 Å². The first-order valence-electron chi connectivity index (χ1n) is 6.41. The molecule has 2 aromatic rings. The second kappa shape index (κ2) is 5.38. The Bertz CT molecular complexity index is 652. The van der Waals surface area contributed by atoms with E-state index in [1.54, 1.807) is 0 Å². The number of halogens is 3. The number of alkyl halides is 1. The second-order valence-corrected chi connectivity index (χ2v) is 6.36. The Balaban J connectivity index is 2.08. The van der Waals surface area contributed by atoms with Crippen molar-refractivity contribution < 1.29 is 9.13 Å². The van der Waals surface area contributed by atoms with Gasteiger partial charge in [-0.3, -0.25) is 0 Å². The summed E-state index contributed by atoms with van der Waals surface area (Å²) in [6.45, 7) is 2.55. The van der Waals surface area contributed by atoms with Crippen LogP contribution in [-0.2, 0) is 6.42 Å². The van der Waals surface area contributed by atoms with Gasteiger partial charge in [0.25, 0.3) is 0 Å². The number of benzene rings is 2. The summed E-state index contributed by atoms with van der Waals surface area (Å²) >= 11 is 9.82. The quantitative estimate of drug-likeness (QED) is 0.672. The fraction of sp³-hybridized carbons (Fsp3) is 0.250. The third-order valence-electron chi connectivity index (χ3n) is 3.41. The number of fused-ring (bicyclic) bond motifs is 1. The molecular formula is C16H13BrClFO. The van der Waals surface area contributed by atoms with Crippen molar-refractivity contribution in [1.82, 2.24) is 0 Å². The lowest BCUT2D eigenvalue weighted by Crippen LogP contribution is -1.98. The van der Waals surface area contributed by atoms with Gasteiger partial charge >= 0.3 is 0 Å². The predicted octanol–water partition coefficient (Wildman–Crippen LogP) is 5.21. The number of hydrogen-bond donors (Lipinski definition) is 0. The molecule has 1 unspecified atom stereocenters. The highest BCUT2D eigenvalue weighted by atomic mass is 79.9. The highest BCUT2D eigenvalue weighted by Gasteiger charge is 2.23. The van der Waals surface area contributed by atoms with Crippen LogP contribution >= 0.6 is 27.5 Å². The molecule has 1 atom stereocenters. The third-order valence-corrected chi connectivity index (χ3v) is 4.65. The van der Waals surface area contributed by atoms with Crippen LogP contribution in [0.4, 0.5) is 4.39 Å². The summed E-state index contributed by atoms with van der Waals surface area (Å²) in [5, 5.41) is 0.682. The summed E-state index contributed by atoms with van der Waals surface area (Å²) in [6, 6.07) is 8.83. The van der Waals surface area contributed by atoms with Crippen LogP contribution < -0.4 is 4.74 Å². The van der Waals surface area contributed by atoms with Gasteiger partial charge in [-0.25, -0.2) is 4.39 Å². The zero-order valence-electron chi connectivity index (χ0n) is 10.9. The predicted molar refractivity (Wildman–Crippen MR) is 82.6 cm³/mol. The standard InChI is InChI=1S/C16H13BrClFO/c1-9-4-11(7-13(19)5-9)15(17)14-8-12(18)6-10-2-3-20-16(10)14/h4-8,15H,2-3H2,1H3. The lowest BCUT2D eigenvalue weighted by molar-refractivity contribution is 0.354. The van der Waals surface area contributed by atoms with Crippen LogP contribution in [-0.4, -0.2) is 6.61 Å². The molecule has 4 heteroatoms. The third kappa shape index (κ3) is 2.57. The van der Waals surface area contributed by atoms with Crippen molar-refractivity contribution in [3.05, 3.63) is 63.4 Å². The largest absolute Gasteiger partial charge is 0.493 e. The van der Waals surface area contributed by atoms with Gasteiger partial charge in [-0.05, 0) is 47.9 Å². The van der Waals surface area contributed by atoms with Crippen molar-refractivity contribution >= 4 is 27.5 Å².